The van der Waals surface area contributed by atoms with Crippen molar-refractivity contribution in [3.63, 3.8) is 0 Å². The normalized spacial score (nSPS) is 12.8. The fourth-order valence-corrected chi connectivity index (χ4v) is 5.57. The highest BCUT2D eigenvalue weighted by atomic mass is 32.2. The minimum atomic E-state index is -3.63. The second-order valence-electron chi connectivity index (χ2n) is 6.59. The number of carbonyl (C=O) groups excluding carboxylic acids is 1. The SMILES string of the molecule is CCN(CC)S(=O)(=O)c1cc(C(=O)NC(c2ccccc2)c2cccs2)n(C)c1. The minimum Gasteiger partial charge on any atom is -0.345 e. The molecular weight excluding hydrogens is 406 g/mol. The van der Waals surface area contributed by atoms with Crippen LogP contribution in [0.1, 0.15) is 40.8 Å². The molecule has 1 N–H and O–H groups in total. The van der Waals surface area contributed by atoms with Crippen molar-refractivity contribution < 1.29 is 13.2 Å². The molecule has 154 valence electrons. The first-order valence-corrected chi connectivity index (χ1v) is 11.8. The lowest BCUT2D eigenvalue weighted by Gasteiger charge is -2.18. The molecule has 0 aliphatic heterocycles. The van der Waals surface area contributed by atoms with Crippen molar-refractivity contribution in [3.05, 3.63) is 76.2 Å². The molecule has 1 amide bonds. The molecule has 0 spiro atoms. The Morgan fingerprint density at radius 1 is 1.14 bits per heavy atom. The Hall–Kier alpha value is -2.42. The summed E-state index contributed by atoms with van der Waals surface area (Å²) in [6.07, 6.45) is 1.49. The van der Waals surface area contributed by atoms with E-state index in [1.54, 1.807) is 36.8 Å². The first-order chi connectivity index (χ1) is 13.9. The monoisotopic (exact) mass is 431 g/mol. The molecule has 0 fully saturated rings. The number of sulfonamides is 1. The molecule has 1 unspecified atom stereocenters. The van der Waals surface area contributed by atoms with Crippen molar-refractivity contribution in [3.8, 4) is 0 Å². The molecule has 0 aliphatic rings. The van der Waals surface area contributed by atoms with E-state index in [-0.39, 0.29) is 16.8 Å². The Labute approximate surface area is 175 Å². The highest BCUT2D eigenvalue weighted by molar-refractivity contribution is 7.89. The highest BCUT2D eigenvalue weighted by Crippen LogP contribution is 2.27. The molecule has 0 aliphatic carbocycles. The average Bonchev–Trinajstić information content (AvgIpc) is 3.37. The summed E-state index contributed by atoms with van der Waals surface area (Å²) < 4.78 is 28.5. The van der Waals surface area contributed by atoms with Crippen LogP contribution < -0.4 is 5.32 Å². The molecule has 0 saturated carbocycles. The topological polar surface area (TPSA) is 71.4 Å². The number of nitrogens with zero attached hydrogens (tertiary/aromatic N) is 2. The first kappa shape index (κ1) is 21.3. The number of hydrogen-bond donors (Lipinski definition) is 1. The number of benzene rings is 1. The summed E-state index contributed by atoms with van der Waals surface area (Å²) in [5.74, 6) is -0.323. The molecule has 0 bridgehead atoms. The minimum absolute atomic E-state index is 0.126. The fourth-order valence-electron chi connectivity index (χ4n) is 3.24. The maximum Gasteiger partial charge on any atom is 0.268 e. The third-order valence-electron chi connectivity index (χ3n) is 4.79. The number of carbonyl (C=O) groups is 1. The number of aromatic nitrogens is 1. The molecule has 2 aromatic heterocycles. The van der Waals surface area contributed by atoms with Gasteiger partial charge in [-0.25, -0.2) is 8.42 Å². The Bertz CT molecular complexity index is 1050. The third-order valence-corrected chi connectivity index (χ3v) is 7.74. The predicted molar refractivity (Wildman–Crippen MR) is 116 cm³/mol. The summed E-state index contributed by atoms with van der Waals surface area (Å²) in [5, 5.41) is 5.02. The van der Waals surface area contributed by atoms with E-state index < -0.39 is 10.0 Å². The fraction of sp³-hybridized carbons (Fsp3) is 0.286. The Morgan fingerprint density at radius 2 is 1.83 bits per heavy atom. The summed E-state index contributed by atoms with van der Waals surface area (Å²) in [6.45, 7) is 4.35. The molecule has 0 radical (unpaired) electrons. The molecule has 3 aromatic rings. The first-order valence-electron chi connectivity index (χ1n) is 9.44. The quantitative estimate of drug-likeness (QED) is 0.592. The van der Waals surface area contributed by atoms with E-state index in [1.807, 2.05) is 47.8 Å². The summed E-state index contributed by atoms with van der Waals surface area (Å²) in [4.78, 5) is 14.2. The summed E-state index contributed by atoms with van der Waals surface area (Å²) in [5.41, 5.74) is 1.27. The van der Waals surface area contributed by atoms with Crippen LogP contribution in [-0.2, 0) is 17.1 Å². The van der Waals surface area contributed by atoms with Crippen molar-refractivity contribution >= 4 is 27.3 Å². The Balaban J connectivity index is 1.91. The number of nitrogens with one attached hydrogen (secondary N) is 1. The average molecular weight is 432 g/mol. The van der Waals surface area contributed by atoms with Crippen LogP contribution in [0.25, 0.3) is 0 Å². The molecule has 0 saturated heterocycles. The number of amides is 1. The van der Waals surface area contributed by atoms with E-state index in [0.717, 1.165) is 10.4 Å². The zero-order valence-electron chi connectivity index (χ0n) is 16.7. The van der Waals surface area contributed by atoms with Crippen LogP contribution in [0.3, 0.4) is 0 Å². The Morgan fingerprint density at radius 3 is 2.41 bits per heavy atom. The third kappa shape index (κ3) is 4.44. The van der Waals surface area contributed by atoms with Gasteiger partial charge in [0.05, 0.1) is 6.04 Å². The summed E-state index contributed by atoms with van der Waals surface area (Å²) >= 11 is 1.56. The lowest BCUT2D eigenvalue weighted by atomic mass is 10.1. The van der Waals surface area contributed by atoms with Crippen LogP contribution >= 0.6 is 11.3 Å². The van der Waals surface area contributed by atoms with Crippen LogP contribution in [0.5, 0.6) is 0 Å². The van der Waals surface area contributed by atoms with E-state index in [0.29, 0.717) is 18.8 Å². The maximum absolute atomic E-state index is 13.1. The van der Waals surface area contributed by atoms with E-state index in [4.69, 9.17) is 0 Å². The Kier molecular flexibility index (Phi) is 6.56. The molecule has 1 aromatic carbocycles. The highest BCUT2D eigenvalue weighted by Gasteiger charge is 2.26. The van der Waals surface area contributed by atoms with Crippen molar-refractivity contribution in [1.82, 2.24) is 14.2 Å². The number of thiophene rings is 1. The molecular formula is C21H25N3O3S2. The van der Waals surface area contributed by atoms with E-state index in [1.165, 1.54) is 16.6 Å². The molecule has 29 heavy (non-hydrogen) atoms. The van der Waals surface area contributed by atoms with Gasteiger partial charge in [-0.15, -0.1) is 11.3 Å². The molecule has 3 rings (SSSR count). The molecule has 1 atom stereocenters. The zero-order valence-corrected chi connectivity index (χ0v) is 18.3. The van der Waals surface area contributed by atoms with Gasteiger partial charge in [-0.2, -0.15) is 4.31 Å². The van der Waals surface area contributed by atoms with Crippen molar-refractivity contribution in [2.75, 3.05) is 13.1 Å². The number of aryl methyl sites for hydroxylation is 1. The van der Waals surface area contributed by atoms with Crippen molar-refractivity contribution in [1.29, 1.82) is 0 Å². The number of hydrogen-bond acceptors (Lipinski definition) is 4. The van der Waals surface area contributed by atoms with Gasteiger partial charge >= 0.3 is 0 Å². The van der Waals surface area contributed by atoms with E-state index in [2.05, 4.69) is 5.32 Å². The molecule has 8 heteroatoms. The van der Waals surface area contributed by atoms with Gasteiger partial charge in [-0.3, -0.25) is 4.79 Å². The van der Waals surface area contributed by atoms with Crippen LogP contribution in [0.4, 0.5) is 0 Å². The van der Waals surface area contributed by atoms with Gasteiger partial charge < -0.3 is 9.88 Å². The van der Waals surface area contributed by atoms with Crippen molar-refractivity contribution in [2.45, 2.75) is 24.8 Å². The van der Waals surface area contributed by atoms with Gasteiger partial charge in [0.15, 0.2) is 0 Å². The van der Waals surface area contributed by atoms with Gasteiger partial charge in [0.2, 0.25) is 10.0 Å². The van der Waals surface area contributed by atoms with Crippen LogP contribution in [0, 0.1) is 0 Å². The second-order valence-corrected chi connectivity index (χ2v) is 9.51. The zero-order chi connectivity index (χ0) is 21.0. The second kappa shape index (κ2) is 8.94. The van der Waals surface area contributed by atoms with Gasteiger partial charge in [-0.1, -0.05) is 50.2 Å². The van der Waals surface area contributed by atoms with Gasteiger partial charge in [-0.05, 0) is 23.1 Å². The van der Waals surface area contributed by atoms with Crippen LogP contribution in [0.2, 0.25) is 0 Å². The molecule has 2 heterocycles. The van der Waals surface area contributed by atoms with Gasteiger partial charge in [0.25, 0.3) is 5.91 Å². The van der Waals surface area contributed by atoms with E-state index >= 15 is 0 Å². The smallest absolute Gasteiger partial charge is 0.268 e. The lowest BCUT2D eigenvalue weighted by Crippen LogP contribution is -2.30. The summed E-state index contributed by atoms with van der Waals surface area (Å²) in [7, 11) is -1.95. The standard InChI is InChI=1S/C21H25N3O3S2/c1-4-24(5-2)29(26,27)17-14-18(23(3)15-17)21(25)22-20(19-12-9-13-28-19)16-10-7-6-8-11-16/h6-15,20H,4-5H2,1-3H3,(H,22,25). The largest absolute Gasteiger partial charge is 0.345 e. The van der Waals surface area contributed by atoms with Crippen molar-refractivity contribution in [2.24, 2.45) is 7.05 Å². The predicted octanol–water partition coefficient (Wildman–Crippen LogP) is 3.64. The van der Waals surface area contributed by atoms with Crippen LogP contribution in [-0.4, -0.2) is 36.3 Å². The molecule has 6 nitrogen and oxygen atoms in total. The van der Waals surface area contributed by atoms with Crippen LogP contribution in [0.15, 0.2) is 65.0 Å². The van der Waals surface area contributed by atoms with Gasteiger partial charge in [0, 0.05) is 31.2 Å². The lowest BCUT2D eigenvalue weighted by molar-refractivity contribution is 0.0935. The van der Waals surface area contributed by atoms with Gasteiger partial charge in [0.1, 0.15) is 10.6 Å². The van der Waals surface area contributed by atoms with E-state index in [9.17, 15) is 13.2 Å². The maximum atomic E-state index is 13.1. The number of rotatable bonds is 8. The summed E-state index contributed by atoms with van der Waals surface area (Å²) in [6, 6.07) is 14.8.